The first-order valence-electron chi connectivity index (χ1n) is 9.08. The molecule has 2 fully saturated rings. The Morgan fingerprint density at radius 3 is 2.46 bits per heavy atom. The monoisotopic (exact) mass is 360 g/mol. The lowest BCUT2D eigenvalue weighted by Crippen LogP contribution is -2.55. The predicted octanol–water partition coefficient (Wildman–Crippen LogP) is 0.784. The van der Waals surface area contributed by atoms with Crippen LogP contribution in [0.4, 0.5) is 4.79 Å². The Labute approximate surface area is 146 Å². The number of piperidine rings is 1. The second kappa shape index (κ2) is 8.49. The first-order chi connectivity index (χ1) is 11.3. The molecule has 140 valence electrons. The van der Waals surface area contributed by atoms with E-state index in [0.29, 0.717) is 38.8 Å². The molecule has 2 aliphatic heterocycles. The fraction of sp³-hybridized carbons (Fsp3) is 0.938. The third kappa shape index (κ3) is 5.07. The maximum absolute atomic E-state index is 12.3. The van der Waals surface area contributed by atoms with Gasteiger partial charge in [0, 0.05) is 45.3 Å². The van der Waals surface area contributed by atoms with E-state index in [2.05, 4.69) is 24.1 Å². The molecule has 0 spiro atoms. The fourth-order valence-corrected chi connectivity index (χ4v) is 4.54. The van der Waals surface area contributed by atoms with Gasteiger partial charge in [-0.3, -0.25) is 4.90 Å². The molecular formula is C16H32N4O3S. The van der Waals surface area contributed by atoms with Gasteiger partial charge in [-0.15, -0.1) is 0 Å². The molecule has 1 N–H and O–H groups in total. The molecule has 0 bridgehead atoms. The molecule has 8 heteroatoms. The number of carbonyl (C=O) groups excluding carboxylic acids is 1. The molecule has 0 aliphatic carbocycles. The van der Waals surface area contributed by atoms with Gasteiger partial charge < -0.3 is 10.2 Å². The van der Waals surface area contributed by atoms with E-state index in [1.54, 1.807) is 11.8 Å². The maximum atomic E-state index is 12.3. The number of rotatable bonds is 5. The minimum absolute atomic E-state index is 0.0829. The Morgan fingerprint density at radius 2 is 1.88 bits per heavy atom. The van der Waals surface area contributed by atoms with Crippen molar-refractivity contribution in [3.8, 4) is 0 Å². The van der Waals surface area contributed by atoms with Gasteiger partial charge >= 0.3 is 6.03 Å². The van der Waals surface area contributed by atoms with Crippen LogP contribution in [-0.4, -0.2) is 86.2 Å². The van der Waals surface area contributed by atoms with E-state index in [9.17, 15) is 13.2 Å². The number of nitrogens with zero attached hydrogens (tertiary/aromatic N) is 3. The number of piperazine rings is 1. The smallest absolute Gasteiger partial charge is 0.317 e. The summed E-state index contributed by atoms with van der Waals surface area (Å²) < 4.78 is 25.2. The summed E-state index contributed by atoms with van der Waals surface area (Å²) in [5.74, 6) is 0.843. The molecule has 2 aliphatic rings. The zero-order valence-corrected chi connectivity index (χ0v) is 16.0. The number of amides is 2. The van der Waals surface area contributed by atoms with Crippen LogP contribution in [0.2, 0.25) is 0 Å². The van der Waals surface area contributed by atoms with Crippen LogP contribution in [0.1, 0.15) is 33.6 Å². The predicted molar refractivity (Wildman–Crippen MR) is 95.4 cm³/mol. The quantitative estimate of drug-likeness (QED) is 0.786. The first kappa shape index (κ1) is 19.5. The Morgan fingerprint density at radius 1 is 1.21 bits per heavy atom. The molecule has 2 amide bonds. The summed E-state index contributed by atoms with van der Waals surface area (Å²) in [6, 6.07) is 0.249. The number of urea groups is 1. The minimum atomic E-state index is -3.15. The van der Waals surface area contributed by atoms with E-state index >= 15 is 0 Å². The van der Waals surface area contributed by atoms with E-state index in [4.69, 9.17) is 0 Å². The average molecular weight is 361 g/mol. The van der Waals surface area contributed by atoms with E-state index in [-0.39, 0.29) is 11.8 Å². The van der Waals surface area contributed by atoms with Crippen LogP contribution < -0.4 is 5.32 Å². The van der Waals surface area contributed by atoms with Gasteiger partial charge in [-0.1, -0.05) is 6.92 Å². The van der Waals surface area contributed by atoms with Gasteiger partial charge in [-0.05, 0) is 39.2 Å². The highest BCUT2D eigenvalue weighted by Crippen LogP contribution is 2.17. The topological polar surface area (TPSA) is 73.0 Å². The van der Waals surface area contributed by atoms with E-state index in [0.717, 1.165) is 19.0 Å². The van der Waals surface area contributed by atoms with E-state index < -0.39 is 10.0 Å². The summed E-state index contributed by atoms with van der Waals surface area (Å²) in [6.07, 6.45) is 2.52. The normalized spacial score (nSPS) is 25.5. The van der Waals surface area contributed by atoms with Crippen molar-refractivity contribution in [3.05, 3.63) is 0 Å². The fourth-order valence-electron chi connectivity index (χ4n) is 3.45. The Hall–Kier alpha value is -0.860. The second-order valence-electron chi connectivity index (χ2n) is 7.06. The van der Waals surface area contributed by atoms with Crippen LogP contribution in [0.15, 0.2) is 0 Å². The Balaban J connectivity index is 1.73. The average Bonchev–Trinajstić information content (AvgIpc) is 2.59. The molecule has 2 atom stereocenters. The number of hydrogen-bond acceptors (Lipinski definition) is 4. The van der Waals surface area contributed by atoms with Gasteiger partial charge in [-0.25, -0.2) is 13.2 Å². The van der Waals surface area contributed by atoms with Crippen molar-refractivity contribution in [2.24, 2.45) is 5.92 Å². The van der Waals surface area contributed by atoms with Crippen molar-refractivity contribution in [3.63, 3.8) is 0 Å². The van der Waals surface area contributed by atoms with Crippen LogP contribution in [0.5, 0.6) is 0 Å². The lowest BCUT2D eigenvalue weighted by molar-refractivity contribution is 0.132. The zero-order chi connectivity index (χ0) is 17.7. The maximum Gasteiger partial charge on any atom is 0.317 e. The van der Waals surface area contributed by atoms with Gasteiger partial charge in [0.2, 0.25) is 10.0 Å². The lowest BCUT2D eigenvalue weighted by Gasteiger charge is -2.37. The van der Waals surface area contributed by atoms with Crippen molar-refractivity contribution < 1.29 is 13.2 Å². The van der Waals surface area contributed by atoms with Crippen molar-refractivity contribution >= 4 is 16.1 Å². The van der Waals surface area contributed by atoms with E-state index in [1.165, 1.54) is 17.1 Å². The highest BCUT2D eigenvalue weighted by molar-refractivity contribution is 7.89. The minimum Gasteiger partial charge on any atom is -0.336 e. The van der Waals surface area contributed by atoms with Crippen LogP contribution in [0.25, 0.3) is 0 Å². The summed E-state index contributed by atoms with van der Waals surface area (Å²) in [7, 11) is -3.15. The number of carbonyl (C=O) groups is 1. The molecule has 0 aromatic rings. The third-order valence-electron chi connectivity index (χ3n) is 5.14. The van der Waals surface area contributed by atoms with Gasteiger partial charge in [0.05, 0.1) is 5.75 Å². The number of sulfonamides is 1. The number of nitrogens with one attached hydrogen (secondary N) is 1. The summed E-state index contributed by atoms with van der Waals surface area (Å²) in [5.41, 5.74) is 0. The van der Waals surface area contributed by atoms with Crippen molar-refractivity contribution in [2.45, 2.75) is 39.7 Å². The highest BCUT2D eigenvalue weighted by Gasteiger charge is 2.28. The number of hydrogen-bond donors (Lipinski definition) is 1. The largest absolute Gasteiger partial charge is 0.336 e. The van der Waals surface area contributed by atoms with Crippen molar-refractivity contribution in [2.75, 3.05) is 51.6 Å². The Bertz CT molecular complexity index is 517. The first-order valence-corrected chi connectivity index (χ1v) is 10.7. The second-order valence-corrected chi connectivity index (χ2v) is 9.32. The molecular weight excluding hydrogens is 328 g/mol. The molecule has 7 nitrogen and oxygen atoms in total. The standard InChI is InChI=1S/C16H32N4O3S/c1-4-24(22,23)20-10-8-18(9-11-20)16(21)17-12-15(3)19-7-5-6-14(2)13-19/h14-15H,4-13H2,1-3H3,(H,17,21). The van der Waals surface area contributed by atoms with E-state index in [1.807, 2.05) is 0 Å². The zero-order valence-electron chi connectivity index (χ0n) is 15.2. The Kier molecular flexibility index (Phi) is 6.88. The molecule has 2 heterocycles. The van der Waals surface area contributed by atoms with Gasteiger partial charge in [0.1, 0.15) is 0 Å². The van der Waals surface area contributed by atoms with Crippen LogP contribution in [0.3, 0.4) is 0 Å². The summed E-state index contributed by atoms with van der Waals surface area (Å²) in [6.45, 7) is 10.6. The molecule has 2 unspecified atom stereocenters. The lowest BCUT2D eigenvalue weighted by atomic mass is 9.99. The highest BCUT2D eigenvalue weighted by atomic mass is 32.2. The van der Waals surface area contributed by atoms with Crippen LogP contribution in [0, 0.1) is 5.92 Å². The molecule has 0 aromatic heterocycles. The van der Waals surface area contributed by atoms with Gasteiger partial charge in [-0.2, -0.15) is 4.31 Å². The van der Waals surface area contributed by atoms with Gasteiger partial charge in [0.15, 0.2) is 0 Å². The molecule has 24 heavy (non-hydrogen) atoms. The summed E-state index contributed by atoms with van der Waals surface area (Å²) in [4.78, 5) is 16.5. The third-order valence-corrected chi connectivity index (χ3v) is 7.03. The summed E-state index contributed by atoms with van der Waals surface area (Å²) in [5, 5.41) is 3.01. The number of likely N-dealkylation sites (tertiary alicyclic amines) is 1. The van der Waals surface area contributed by atoms with Gasteiger partial charge in [0.25, 0.3) is 0 Å². The molecule has 2 rings (SSSR count). The molecule has 2 saturated heterocycles. The molecule has 0 radical (unpaired) electrons. The van der Waals surface area contributed by atoms with Crippen LogP contribution >= 0.6 is 0 Å². The van der Waals surface area contributed by atoms with Crippen molar-refractivity contribution in [1.29, 1.82) is 0 Å². The molecule has 0 saturated carbocycles. The summed E-state index contributed by atoms with van der Waals surface area (Å²) >= 11 is 0. The van der Waals surface area contributed by atoms with Crippen LogP contribution in [-0.2, 0) is 10.0 Å². The SMILES string of the molecule is CCS(=O)(=O)N1CCN(C(=O)NCC(C)N2CCCC(C)C2)CC1. The van der Waals surface area contributed by atoms with Crippen molar-refractivity contribution in [1.82, 2.24) is 19.4 Å². The molecule has 0 aromatic carbocycles.